The maximum atomic E-state index is 11.1. The van der Waals surface area contributed by atoms with Crippen LogP contribution in [0.4, 0.5) is 4.79 Å². The number of aliphatic hydroxyl groups excluding tert-OH is 2. The lowest BCUT2D eigenvalue weighted by atomic mass is 10.1. The summed E-state index contributed by atoms with van der Waals surface area (Å²) in [6, 6.07) is -1.14. The minimum absolute atomic E-state index is 0.0601. The van der Waals surface area contributed by atoms with Crippen molar-refractivity contribution in [2.24, 2.45) is 0 Å². The summed E-state index contributed by atoms with van der Waals surface area (Å²) in [5.41, 5.74) is 0. The highest BCUT2D eigenvalue weighted by molar-refractivity contribution is 6.03. The number of nitrogens with zero attached hydrogens (tertiary/aromatic N) is 1. The van der Waals surface area contributed by atoms with E-state index in [4.69, 9.17) is 10.2 Å². The van der Waals surface area contributed by atoms with Gasteiger partial charge >= 0.3 is 6.03 Å². The minimum atomic E-state index is -0.968. The number of hydrogen-bond donors (Lipinski definition) is 3. The normalized spacial score (nSPS) is 24.8. The summed E-state index contributed by atoms with van der Waals surface area (Å²) < 4.78 is 0. The Morgan fingerprint density at radius 1 is 1.62 bits per heavy atom. The maximum absolute atomic E-state index is 11.1. The molecule has 0 aromatic heterocycles. The molecule has 0 aromatic rings. The van der Waals surface area contributed by atoms with Crippen LogP contribution >= 0.6 is 0 Å². The van der Waals surface area contributed by atoms with Crippen LogP contribution in [0.25, 0.3) is 0 Å². The van der Waals surface area contributed by atoms with Crippen molar-refractivity contribution in [2.45, 2.75) is 18.6 Å². The van der Waals surface area contributed by atoms with E-state index < -0.39 is 30.7 Å². The molecule has 6 nitrogen and oxygen atoms in total. The quantitative estimate of drug-likeness (QED) is 0.459. The molecule has 6 heteroatoms. The summed E-state index contributed by atoms with van der Waals surface area (Å²) in [6.45, 7) is -0.411. The second-order valence-electron chi connectivity index (χ2n) is 2.99. The molecular weight excluding hydrogens is 176 g/mol. The van der Waals surface area contributed by atoms with Crippen LogP contribution < -0.4 is 5.32 Å². The summed E-state index contributed by atoms with van der Waals surface area (Å²) in [6.07, 6.45) is -0.908. The molecule has 0 aliphatic carbocycles. The Hall–Kier alpha value is -1.14. The van der Waals surface area contributed by atoms with Gasteiger partial charge in [-0.2, -0.15) is 0 Å². The van der Waals surface area contributed by atoms with Crippen molar-refractivity contribution < 1.29 is 19.8 Å². The summed E-state index contributed by atoms with van der Waals surface area (Å²) in [5, 5.41) is 19.7. The molecule has 1 saturated heterocycles. The van der Waals surface area contributed by atoms with Crippen LogP contribution in [0.5, 0.6) is 0 Å². The van der Waals surface area contributed by atoms with Crippen molar-refractivity contribution in [1.82, 2.24) is 10.2 Å². The van der Waals surface area contributed by atoms with Gasteiger partial charge in [0, 0.05) is 13.5 Å². The van der Waals surface area contributed by atoms with Gasteiger partial charge in [-0.1, -0.05) is 0 Å². The number of nitrogens with one attached hydrogen (secondary N) is 1. The average molecular weight is 188 g/mol. The number of carbonyl (C=O) groups excluding carboxylic acids is 2. The third-order valence-corrected chi connectivity index (χ3v) is 2.03. The number of hydrogen-bond acceptors (Lipinski definition) is 4. The summed E-state index contributed by atoms with van der Waals surface area (Å²) in [5.74, 6) is -0.431. The van der Waals surface area contributed by atoms with E-state index in [9.17, 15) is 9.59 Å². The number of amides is 3. The van der Waals surface area contributed by atoms with Crippen LogP contribution in [0.2, 0.25) is 0 Å². The molecule has 0 bridgehead atoms. The fourth-order valence-corrected chi connectivity index (χ4v) is 1.19. The number of rotatable bonds is 3. The van der Waals surface area contributed by atoms with Gasteiger partial charge in [0.25, 0.3) is 5.91 Å². The van der Waals surface area contributed by atoms with Crippen molar-refractivity contribution in [1.29, 1.82) is 0 Å². The molecule has 1 heterocycles. The predicted octanol–water partition coefficient (Wildman–Crippen LogP) is -1.72. The Bertz CT molecular complexity index is 231. The lowest BCUT2D eigenvalue weighted by Gasteiger charge is -2.18. The van der Waals surface area contributed by atoms with E-state index in [0.29, 0.717) is 0 Å². The van der Waals surface area contributed by atoms with E-state index in [1.54, 1.807) is 0 Å². The Morgan fingerprint density at radius 2 is 2.23 bits per heavy atom. The van der Waals surface area contributed by atoms with Gasteiger partial charge in [0.15, 0.2) is 0 Å². The van der Waals surface area contributed by atoms with Gasteiger partial charge < -0.3 is 15.1 Å². The zero-order valence-corrected chi connectivity index (χ0v) is 7.23. The van der Waals surface area contributed by atoms with Gasteiger partial charge in [0.1, 0.15) is 6.04 Å². The lowest BCUT2D eigenvalue weighted by Crippen LogP contribution is -2.35. The first kappa shape index (κ1) is 9.94. The minimum Gasteiger partial charge on any atom is -0.394 e. The second-order valence-corrected chi connectivity index (χ2v) is 2.99. The Kier molecular flexibility index (Phi) is 2.84. The van der Waals surface area contributed by atoms with Gasteiger partial charge in [0.2, 0.25) is 0 Å². The Labute approximate surface area is 75.1 Å². The standard InChI is InChI=1S/C7H12N2O4/c1-9-5(2-4(11)3-10)6(12)8-7(9)13/h4-5,10-11H,2-3H2,1H3,(H,8,12,13). The first-order valence-corrected chi connectivity index (χ1v) is 3.93. The van der Waals surface area contributed by atoms with Gasteiger partial charge in [-0.15, -0.1) is 0 Å². The monoisotopic (exact) mass is 188 g/mol. The largest absolute Gasteiger partial charge is 0.394 e. The van der Waals surface area contributed by atoms with Crippen LogP contribution in [-0.4, -0.2) is 52.9 Å². The van der Waals surface area contributed by atoms with E-state index in [1.807, 2.05) is 0 Å². The molecule has 74 valence electrons. The molecule has 2 atom stereocenters. The van der Waals surface area contributed by atoms with Gasteiger partial charge in [0.05, 0.1) is 12.7 Å². The number of aliphatic hydroxyl groups is 2. The highest BCUT2D eigenvalue weighted by Crippen LogP contribution is 2.11. The predicted molar refractivity (Wildman–Crippen MR) is 42.8 cm³/mol. The summed E-state index contributed by atoms with van der Waals surface area (Å²) >= 11 is 0. The molecule has 0 aromatic carbocycles. The van der Waals surface area contributed by atoms with E-state index >= 15 is 0 Å². The van der Waals surface area contributed by atoms with Crippen LogP contribution in [0.3, 0.4) is 0 Å². The smallest absolute Gasteiger partial charge is 0.324 e. The number of likely N-dealkylation sites (N-methyl/N-ethyl adjacent to an activating group) is 1. The molecule has 1 aliphatic rings. The molecule has 3 N–H and O–H groups in total. The Balaban J connectivity index is 2.58. The van der Waals surface area contributed by atoms with E-state index in [-0.39, 0.29) is 6.42 Å². The first-order chi connectivity index (χ1) is 6.06. The van der Waals surface area contributed by atoms with Crippen LogP contribution in [0.15, 0.2) is 0 Å². The molecule has 0 saturated carbocycles. The Morgan fingerprint density at radius 3 is 2.62 bits per heavy atom. The molecule has 1 aliphatic heterocycles. The van der Waals surface area contributed by atoms with Crippen molar-refractivity contribution in [3.8, 4) is 0 Å². The first-order valence-electron chi connectivity index (χ1n) is 3.93. The van der Waals surface area contributed by atoms with E-state index in [0.717, 1.165) is 0 Å². The third kappa shape index (κ3) is 1.96. The molecular formula is C7H12N2O4. The fourth-order valence-electron chi connectivity index (χ4n) is 1.19. The van der Waals surface area contributed by atoms with Crippen molar-refractivity contribution in [2.75, 3.05) is 13.7 Å². The molecule has 3 amide bonds. The number of carbonyl (C=O) groups is 2. The van der Waals surface area contributed by atoms with Gasteiger partial charge in [-0.25, -0.2) is 4.79 Å². The number of imide groups is 1. The summed E-state index contributed by atoms with van der Waals surface area (Å²) in [7, 11) is 1.47. The average Bonchev–Trinajstić information content (AvgIpc) is 2.32. The van der Waals surface area contributed by atoms with Gasteiger partial charge in [-0.3, -0.25) is 10.1 Å². The maximum Gasteiger partial charge on any atom is 0.324 e. The van der Waals surface area contributed by atoms with Crippen LogP contribution in [0, 0.1) is 0 Å². The van der Waals surface area contributed by atoms with E-state index in [2.05, 4.69) is 5.32 Å². The zero-order chi connectivity index (χ0) is 10.0. The van der Waals surface area contributed by atoms with E-state index in [1.165, 1.54) is 11.9 Å². The molecule has 0 spiro atoms. The van der Waals surface area contributed by atoms with Crippen molar-refractivity contribution in [3.05, 3.63) is 0 Å². The molecule has 13 heavy (non-hydrogen) atoms. The van der Waals surface area contributed by atoms with Crippen molar-refractivity contribution >= 4 is 11.9 Å². The van der Waals surface area contributed by atoms with Crippen molar-refractivity contribution in [3.63, 3.8) is 0 Å². The lowest BCUT2D eigenvalue weighted by molar-refractivity contribution is -0.122. The third-order valence-electron chi connectivity index (χ3n) is 2.03. The molecule has 1 rings (SSSR count). The summed E-state index contributed by atoms with van der Waals surface area (Å²) in [4.78, 5) is 23.2. The molecule has 2 unspecified atom stereocenters. The SMILES string of the molecule is CN1C(=O)NC(=O)C1CC(O)CO. The highest BCUT2D eigenvalue weighted by Gasteiger charge is 2.36. The highest BCUT2D eigenvalue weighted by atomic mass is 16.3. The second kappa shape index (κ2) is 3.71. The molecule has 0 radical (unpaired) electrons. The number of urea groups is 1. The molecule has 1 fully saturated rings. The fraction of sp³-hybridized carbons (Fsp3) is 0.714. The topological polar surface area (TPSA) is 89.9 Å². The van der Waals surface area contributed by atoms with Crippen LogP contribution in [-0.2, 0) is 4.79 Å². The van der Waals surface area contributed by atoms with Crippen LogP contribution in [0.1, 0.15) is 6.42 Å². The zero-order valence-electron chi connectivity index (χ0n) is 7.23. The van der Waals surface area contributed by atoms with Gasteiger partial charge in [-0.05, 0) is 0 Å².